The SMILES string of the molecule is CCCn1c(=S)oc2cc(F)c(-n3ncc(=O)n(C)c3=O)cc21. The van der Waals surface area contributed by atoms with Gasteiger partial charge in [-0.3, -0.25) is 13.9 Å². The van der Waals surface area contributed by atoms with Crippen molar-refractivity contribution >= 4 is 23.3 Å². The van der Waals surface area contributed by atoms with Crippen molar-refractivity contribution in [1.29, 1.82) is 0 Å². The Morgan fingerprint density at radius 1 is 1.35 bits per heavy atom. The van der Waals surface area contributed by atoms with Crippen molar-refractivity contribution in [3.05, 3.63) is 49.8 Å². The molecule has 7 nitrogen and oxygen atoms in total. The van der Waals surface area contributed by atoms with Crippen molar-refractivity contribution < 1.29 is 8.81 Å². The van der Waals surface area contributed by atoms with Gasteiger partial charge in [0.15, 0.2) is 11.4 Å². The Bertz CT molecular complexity index is 1080. The minimum absolute atomic E-state index is 0.0706. The summed E-state index contributed by atoms with van der Waals surface area (Å²) in [5.74, 6) is -0.696. The summed E-state index contributed by atoms with van der Waals surface area (Å²) in [4.78, 5) is 23.8. The maximum atomic E-state index is 14.4. The molecule has 0 spiro atoms. The smallest absolute Gasteiger partial charge is 0.352 e. The van der Waals surface area contributed by atoms with Crippen LogP contribution in [-0.4, -0.2) is 18.9 Å². The quantitative estimate of drug-likeness (QED) is 0.681. The summed E-state index contributed by atoms with van der Waals surface area (Å²) in [7, 11) is 1.30. The molecule has 0 atom stereocenters. The van der Waals surface area contributed by atoms with Crippen LogP contribution in [0.3, 0.4) is 0 Å². The average molecular weight is 336 g/mol. The van der Waals surface area contributed by atoms with Crippen molar-refractivity contribution in [3.63, 3.8) is 0 Å². The summed E-state index contributed by atoms with van der Waals surface area (Å²) in [5, 5.41) is 3.72. The Morgan fingerprint density at radius 3 is 2.78 bits per heavy atom. The highest BCUT2D eigenvalue weighted by Crippen LogP contribution is 2.23. The largest absolute Gasteiger partial charge is 0.429 e. The first-order chi connectivity index (χ1) is 10.9. The molecule has 9 heteroatoms. The molecule has 0 aliphatic heterocycles. The van der Waals surface area contributed by atoms with Crippen LogP contribution < -0.4 is 11.2 Å². The number of aromatic nitrogens is 4. The van der Waals surface area contributed by atoms with E-state index in [-0.39, 0.29) is 10.5 Å². The second-order valence-corrected chi connectivity index (χ2v) is 5.38. The number of benzene rings is 1. The van der Waals surface area contributed by atoms with E-state index in [1.807, 2.05) is 6.92 Å². The Balaban J connectivity index is 2.34. The number of aryl methyl sites for hydroxylation is 1. The maximum absolute atomic E-state index is 14.4. The molecule has 23 heavy (non-hydrogen) atoms. The van der Waals surface area contributed by atoms with Gasteiger partial charge in [0.2, 0.25) is 0 Å². The van der Waals surface area contributed by atoms with Crippen LogP contribution in [0, 0.1) is 10.7 Å². The van der Waals surface area contributed by atoms with E-state index in [1.54, 1.807) is 4.57 Å². The predicted octanol–water partition coefficient (Wildman–Crippen LogP) is 1.76. The summed E-state index contributed by atoms with van der Waals surface area (Å²) in [6.45, 7) is 2.58. The highest BCUT2D eigenvalue weighted by Gasteiger charge is 2.15. The molecule has 0 bridgehead atoms. The predicted molar refractivity (Wildman–Crippen MR) is 83.9 cm³/mol. The lowest BCUT2D eigenvalue weighted by atomic mass is 10.2. The second-order valence-electron chi connectivity index (χ2n) is 5.03. The van der Waals surface area contributed by atoms with Gasteiger partial charge >= 0.3 is 5.69 Å². The fourth-order valence-corrected chi connectivity index (χ4v) is 2.59. The molecule has 0 radical (unpaired) electrons. The zero-order valence-corrected chi connectivity index (χ0v) is 13.3. The summed E-state index contributed by atoms with van der Waals surface area (Å²) >= 11 is 5.13. The van der Waals surface area contributed by atoms with Crippen molar-refractivity contribution in [2.75, 3.05) is 0 Å². The molecule has 120 valence electrons. The molecule has 0 amide bonds. The first-order valence-electron chi connectivity index (χ1n) is 6.92. The van der Waals surface area contributed by atoms with E-state index < -0.39 is 17.1 Å². The molecular weight excluding hydrogens is 323 g/mol. The van der Waals surface area contributed by atoms with E-state index in [1.165, 1.54) is 13.1 Å². The number of hydrogen-bond acceptors (Lipinski definition) is 5. The van der Waals surface area contributed by atoms with Crippen molar-refractivity contribution in [3.8, 4) is 5.69 Å². The van der Waals surface area contributed by atoms with Gasteiger partial charge in [0, 0.05) is 19.7 Å². The van der Waals surface area contributed by atoms with Crippen molar-refractivity contribution in [2.24, 2.45) is 7.05 Å². The lowest BCUT2D eigenvalue weighted by Crippen LogP contribution is -2.38. The molecule has 0 aliphatic rings. The summed E-state index contributed by atoms with van der Waals surface area (Å²) in [6.07, 6.45) is 1.77. The molecular formula is C14H13FN4O3S. The van der Waals surface area contributed by atoms with Gasteiger partial charge in [-0.25, -0.2) is 9.18 Å². The highest BCUT2D eigenvalue weighted by atomic mass is 32.1. The molecule has 0 aliphatic carbocycles. The van der Waals surface area contributed by atoms with Gasteiger partial charge in [0.25, 0.3) is 10.4 Å². The Morgan fingerprint density at radius 2 is 2.09 bits per heavy atom. The lowest BCUT2D eigenvalue weighted by Gasteiger charge is -2.07. The van der Waals surface area contributed by atoms with E-state index in [0.717, 1.165) is 27.9 Å². The van der Waals surface area contributed by atoms with Gasteiger partial charge < -0.3 is 4.42 Å². The number of hydrogen-bond donors (Lipinski definition) is 0. The van der Waals surface area contributed by atoms with Crippen LogP contribution in [0.15, 0.2) is 32.3 Å². The Labute approximate surface area is 134 Å². The van der Waals surface area contributed by atoms with Crippen molar-refractivity contribution in [1.82, 2.24) is 18.9 Å². The fraction of sp³-hybridized carbons (Fsp3) is 0.286. The number of oxazole rings is 1. The minimum Gasteiger partial charge on any atom is -0.429 e. The van der Waals surface area contributed by atoms with E-state index in [0.29, 0.717) is 17.6 Å². The van der Waals surface area contributed by atoms with Gasteiger partial charge in [-0.1, -0.05) is 6.92 Å². The highest BCUT2D eigenvalue weighted by molar-refractivity contribution is 7.71. The van der Waals surface area contributed by atoms with E-state index in [4.69, 9.17) is 16.6 Å². The summed E-state index contributed by atoms with van der Waals surface area (Å²) in [5.41, 5.74) is -0.512. The Hall–Kier alpha value is -2.55. The molecule has 3 rings (SSSR count). The zero-order chi connectivity index (χ0) is 16.7. The fourth-order valence-electron chi connectivity index (χ4n) is 2.32. The van der Waals surface area contributed by atoms with Gasteiger partial charge in [0.1, 0.15) is 11.9 Å². The molecule has 1 aromatic carbocycles. The molecule has 0 unspecified atom stereocenters. The van der Waals surface area contributed by atoms with Gasteiger partial charge in [0.05, 0.1) is 5.52 Å². The molecule has 0 fully saturated rings. The van der Waals surface area contributed by atoms with Crippen LogP contribution in [-0.2, 0) is 13.6 Å². The van der Waals surface area contributed by atoms with Crippen LogP contribution in [0.4, 0.5) is 4.39 Å². The lowest BCUT2D eigenvalue weighted by molar-refractivity contribution is 0.529. The summed E-state index contributed by atoms with van der Waals surface area (Å²) in [6, 6.07) is 2.60. The van der Waals surface area contributed by atoms with E-state index >= 15 is 0 Å². The molecule has 0 saturated carbocycles. The van der Waals surface area contributed by atoms with E-state index in [9.17, 15) is 14.0 Å². The molecule has 2 aromatic heterocycles. The molecule has 3 aromatic rings. The van der Waals surface area contributed by atoms with Gasteiger partial charge in [-0.2, -0.15) is 9.78 Å². The molecule has 0 N–H and O–H groups in total. The van der Waals surface area contributed by atoms with Gasteiger partial charge in [-0.15, -0.1) is 0 Å². The van der Waals surface area contributed by atoms with Crippen LogP contribution in [0.5, 0.6) is 0 Å². The normalized spacial score (nSPS) is 11.3. The zero-order valence-electron chi connectivity index (χ0n) is 12.4. The molecule has 2 heterocycles. The van der Waals surface area contributed by atoms with Crippen LogP contribution in [0.1, 0.15) is 13.3 Å². The van der Waals surface area contributed by atoms with Crippen LogP contribution in [0.25, 0.3) is 16.8 Å². The standard InChI is InChI=1S/C14H13FN4O3S/c1-3-4-18-10-6-9(8(15)5-11(10)22-14(18)23)19-13(21)17(2)12(20)7-16-19/h5-7H,3-4H2,1-2H3. The first-order valence-corrected chi connectivity index (χ1v) is 7.33. The molecule has 0 saturated heterocycles. The third kappa shape index (κ3) is 2.42. The topological polar surface area (TPSA) is 75.0 Å². The summed E-state index contributed by atoms with van der Waals surface area (Å²) < 4.78 is 23.1. The number of rotatable bonds is 3. The van der Waals surface area contributed by atoms with Gasteiger partial charge in [-0.05, 0) is 24.7 Å². The van der Waals surface area contributed by atoms with Crippen LogP contribution >= 0.6 is 12.2 Å². The van der Waals surface area contributed by atoms with Crippen molar-refractivity contribution in [2.45, 2.75) is 19.9 Å². The number of halogens is 1. The second kappa shape index (κ2) is 5.58. The monoisotopic (exact) mass is 336 g/mol. The third-order valence-corrected chi connectivity index (χ3v) is 3.80. The number of nitrogens with zero attached hydrogens (tertiary/aromatic N) is 4. The number of fused-ring (bicyclic) bond motifs is 1. The van der Waals surface area contributed by atoms with E-state index in [2.05, 4.69) is 5.10 Å². The third-order valence-electron chi connectivity index (χ3n) is 3.49. The Kier molecular flexibility index (Phi) is 3.72. The first kappa shape index (κ1) is 15.3. The van der Waals surface area contributed by atoms with Crippen LogP contribution in [0.2, 0.25) is 0 Å². The maximum Gasteiger partial charge on any atom is 0.352 e. The average Bonchev–Trinajstić information content (AvgIpc) is 2.80. The minimum atomic E-state index is -0.736.